The Hall–Kier alpha value is -0.870. The first-order chi connectivity index (χ1) is 7.23. The molecule has 0 aromatic carbocycles. The normalized spacial score (nSPS) is 26.4. The van der Waals surface area contributed by atoms with Crippen molar-refractivity contribution in [2.24, 2.45) is 0 Å². The molecular formula is C11H14O3S. The molecule has 1 atom stereocenters. The Labute approximate surface area is 92.7 Å². The lowest BCUT2D eigenvalue weighted by Gasteiger charge is -2.35. The van der Waals surface area contributed by atoms with Crippen molar-refractivity contribution in [3.8, 4) is 0 Å². The van der Waals surface area contributed by atoms with E-state index in [4.69, 9.17) is 9.84 Å². The lowest BCUT2D eigenvalue weighted by Crippen LogP contribution is -2.37. The van der Waals surface area contributed by atoms with Crippen molar-refractivity contribution in [2.45, 2.75) is 24.7 Å². The smallest absolute Gasteiger partial charge is 0.304 e. The molecule has 0 saturated carbocycles. The zero-order valence-corrected chi connectivity index (χ0v) is 9.26. The van der Waals surface area contributed by atoms with Gasteiger partial charge in [-0.15, -0.1) is 11.3 Å². The summed E-state index contributed by atoms with van der Waals surface area (Å²) in [5.74, 6) is -0.742. The van der Waals surface area contributed by atoms with Gasteiger partial charge in [-0.25, -0.2) is 0 Å². The first-order valence-corrected chi connectivity index (χ1v) is 5.94. The minimum absolute atomic E-state index is 0.174. The molecule has 0 spiro atoms. The van der Waals surface area contributed by atoms with Gasteiger partial charge in [0, 0.05) is 16.9 Å². The summed E-state index contributed by atoms with van der Waals surface area (Å²) < 4.78 is 5.45. The molecule has 1 unspecified atom stereocenters. The quantitative estimate of drug-likeness (QED) is 0.860. The summed E-state index contributed by atoms with van der Waals surface area (Å²) in [4.78, 5) is 12.1. The van der Waals surface area contributed by atoms with Crippen LogP contribution in [-0.2, 0) is 14.9 Å². The number of hydrogen-bond acceptors (Lipinski definition) is 3. The van der Waals surface area contributed by atoms with Crippen LogP contribution < -0.4 is 0 Å². The van der Waals surface area contributed by atoms with Gasteiger partial charge in [-0.05, 0) is 24.3 Å². The molecule has 2 heterocycles. The number of hydrogen-bond donors (Lipinski definition) is 1. The minimum atomic E-state index is -0.742. The number of aliphatic carboxylic acids is 1. The molecule has 1 saturated heterocycles. The number of rotatable bonds is 3. The Morgan fingerprint density at radius 3 is 3.07 bits per heavy atom. The number of carboxylic acids is 1. The van der Waals surface area contributed by atoms with Crippen LogP contribution in [0.3, 0.4) is 0 Å². The second kappa shape index (κ2) is 4.33. The molecule has 1 aliphatic heterocycles. The number of ether oxygens (including phenoxy) is 1. The monoisotopic (exact) mass is 226 g/mol. The molecule has 15 heavy (non-hydrogen) atoms. The van der Waals surface area contributed by atoms with Crippen LogP contribution in [-0.4, -0.2) is 24.3 Å². The van der Waals surface area contributed by atoms with Gasteiger partial charge in [0.2, 0.25) is 0 Å². The molecule has 0 radical (unpaired) electrons. The highest BCUT2D eigenvalue weighted by molar-refractivity contribution is 7.10. The van der Waals surface area contributed by atoms with E-state index in [1.807, 2.05) is 17.5 Å². The van der Waals surface area contributed by atoms with Gasteiger partial charge in [0.05, 0.1) is 13.0 Å². The van der Waals surface area contributed by atoms with E-state index in [-0.39, 0.29) is 11.8 Å². The first kappa shape index (κ1) is 10.6. The molecule has 1 aromatic heterocycles. The Kier molecular flexibility index (Phi) is 3.07. The third-order valence-electron chi connectivity index (χ3n) is 2.86. The van der Waals surface area contributed by atoms with Crippen LogP contribution in [0.15, 0.2) is 17.5 Å². The fourth-order valence-electron chi connectivity index (χ4n) is 2.14. The van der Waals surface area contributed by atoms with Crippen molar-refractivity contribution in [3.63, 3.8) is 0 Å². The molecule has 1 aromatic rings. The third-order valence-corrected chi connectivity index (χ3v) is 3.97. The van der Waals surface area contributed by atoms with E-state index in [1.165, 1.54) is 0 Å². The molecule has 1 N–H and O–H groups in total. The Morgan fingerprint density at radius 2 is 2.53 bits per heavy atom. The molecular weight excluding hydrogens is 212 g/mol. The first-order valence-electron chi connectivity index (χ1n) is 5.06. The predicted molar refractivity (Wildman–Crippen MR) is 58.3 cm³/mol. The van der Waals surface area contributed by atoms with Crippen molar-refractivity contribution in [3.05, 3.63) is 22.4 Å². The van der Waals surface area contributed by atoms with E-state index < -0.39 is 5.97 Å². The number of carboxylic acid groups (broad SMARTS) is 1. The average molecular weight is 226 g/mol. The van der Waals surface area contributed by atoms with Gasteiger partial charge in [0.15, 0.2) is 0 Å². The molecule has 0 bridgehead atoms. The topological polar surface area (TPSA) is 46.5 Å². The van der Waals surface area contributed by atoms with Crippen molar-refractivity contribution < 1.29 is 14.6 Å². The standard InChI is InChI=1S/C11H14O3S/c12-10(13)7-11(4-2-5-14-8-11)9-3-1-6-15-9/h1,3,6H,2,4-5,7-8H2,(H,12,13). The van der Waals surface area contributed by atoms with Crippen LogP contribution in [0, 0.1) is 0 Å². The van der Waals surface area contributed by atoms with Crippen LogP contribution in [0.2, 0.25) is 0 Å². The maximum atomic E-state index is 10.9. The van der Waals surface area contributed by atoms with E-state index in [0.29, 0.717) is 6.61 Å². The van der Waals surface area contributed by atoms with Gasteiger partial charge in [0.1, 0.15) is 0 Å². The van der Waals surface area contributed by atoms with Crippen molar-refractivity contribution in [1.82, 2.24) is 0 Å². The van der Waals surface area contributed by atoms with Gasteiger partial charge in [-0.2, -0.15) is 0 Å². The van der Waals surface area contributed by atoms with E-state index in [0.717, 1.165) is 24.3 Å². The number of thiophene rings is 1. The van der Waals surface area contributed by atoms with E-state index >= 15 is 0 Å². The Balaban J connectivity index is 2.25. The van der Waals surface area contributed by atoms with Crippen LogP contribution >= 0.6 is 11.3 Å². The molecule has 82 valence electrons. The Morgan fingerprint density at radius 1 is 1.67 bits per heavy atom. The highest BCUT2D eigenvalue weighted by Crippen LogP contribution is 2.38. The van der Waals surface area contributed by atoms with Crippen LogP contribution in [0.5, 0.6) is 0 Å². The van der Waals surface area contributed by atoms with Crippen LogP contribution in [0.1, 0.15) is 24.1 Å². The summed E-state index contributed by atoms with van der Waals surface area (Å²) in [5, 5.41) is 11.0. The van der Waals surface area contributed by atoms with Crippen molar-refractivity contribution in [2.75, 3.05) is 13.2 Å². The average Bonchev–Trinajstić information content (AvgIpc) is 2.71. The SMILES string of the molecule is O=C(O)CC1(c2cccs2)CCCOC1. The summed E-state index contributed by atoms with van der Waals surface area (Å²) in [6, 6.07) is 3.99. The molecule has 1 aliphatic rings. The summed E-state index contributed by atoms with van der Waals surface area (Å²) in [5.41, 5.74) is -0.280. The van der Waals surface area contributed by atoms with Crippen molar-refractivity contribution in [1.29, 1.82) is 0 Å². The number of carbonyl (C=O) groups is 1. The summed E-state index contributed by atoms with van der Waals surface area (Å²) in [7, 11) is 0. The van der Waals surface area contributed by atoms with E-state index in [2.05, 4.69) is 0 Å². The predicted octanol–water partition coefficient (Wildman–Crippen LogP) is 2.27. The van der Waals surface area contributed by atoms with Crippen LogP contribution in [0.25, 0.3) is 0 Å². The maximum absolute atomic E-state index is 10.9. The lowest BCUT2D eigenvalue weighted by atomic mass is 9.78. The summed E-state index contributed by atoms with van der Waals surface area (Å²) >= 11 is 1.63. The molecule has 4 heteroatoms. The maximum Gasteiger partial charge on any atom is 0.304 e. The van der Waals surface area contributed by atoms with Gasteiger partial charge in [-0.3, -0.25) is 4.79 Å². The second-order valence-electron chi connectivity index (χ2n) is 3.98. The van der Waals surface area contributed by atoms with Crippen LogP contribution in [0.4, 0.5) is 0 Å². The molecule has 0 aliphatic carbocycles. The molecule has 3 nitrogen and oxygen atoms in total. The molecule has 0 amide bonds. The fraction of sp³-hybridized carbons (Fsp3) is 0.545. The third kappa shape index (κ3) is 2.21. The van der Waals surface area contributed by atoms with Gasteiger partial charge < -0.3 is 9.84 Å². The largest absolute Gasteiger partial charge is 0.481 e. The summed E-state index contributed by atoms with van der Waals surface area (Å²) in [6.07, 6.45) is 2.04. The zero-order chi connectivity index (χ0) is 10.7. The fourth-order valence-corrected chi connectivity index (χ4v) is 3.09. The summed E-state index contributed by atoms with van der Waals surface area (Å²) in [6.45, 7) is 1.30. The van der Waals surface area contributed by atoms with E-state index in [1.54, 1.807) is 11.3 Å². The molecule has 2 rings (SSSR count). The van der Waals surface area contributed by atoms with Gasteiger partial charge in [-0.1, -0.05) is 6.07 Å². The molecule has 1 fully saturated rings. The highest BCUT2D eigenvalue weighted by Gasteiger charge is 2.37. The zero-order valence-electron chi connectivity index (χ0n) is 8.44. The van der Waals surface area contributed by atoms with Gasteiger partial charge >= 0.3 is 5.97 Å². The van der Waals surface area contributed by atoms with E-state index in [9.17, 15) is 4.79 Å². The van der Waals surface area contributed by atoms with Crippen molar-refractivity contribution >= 4 is 17.3 Å². The van der Waals surface area contributed by atoms with Gasteiger partial charge in [0.25, 0.3) is 0 Å². The lowest BCUT2D eigenvalue weighted by molar-refractivity contribution is -0.140. The Bertz CT molecular complexity index is 326. The minimum Gasteiger partial charge on any atom is -0.481 e. The highest BCUT2D eigenvalue weighted by atomic mass is 32.1. The second-order valence-corrected chi connectivity index (χ2v) is 4.93.